The molecule has 0 radical (unpaired) electrons. The van der Waals surface area contributed by atoms with Crippen molar-refractivity contribution in [3.05, 3.63) is 83.9 Å². The molecule has 0 saturated carbocycles. The smallest absolute Gasteiger partial charge is 0.262 e. The molecule has 0 aliphatic rings. The number of nitrogens with one attached hydrogen (secondary N) is 2. The van der Waals surface area contributed by atoms with Gasteiger partial charge in [-0.15, -0.1) is 0 Å². The Kier molecular flexibility index (Phi) is 7.70. The number of anilines is 1. The van der Waals surface area contributed by atoms with Crippen molar-refractivity contribution in [3.63, 3.8) is 0 Å². The van der Waals surface area contributed by atoms with Crippen molar-refractivity contribution >= 4 is 17.5 Å². The van der Waals surface area contributed by atoms with E-state index in [2.05, 4.69) is 10.6 Å². The zero-order chi connectivity index (χ0) is 22.9. The molecule has 0 saturated heterocycles. The van der Waals surface area contributed by atoms with Gasteiger partial charge in [-0.3, -0.25) is 9.59 Å². The molecule has 0 bridgehead atoms. The van der Waals surface area contributed by atoms with E-state index in [9.17, 15) is 9.59 Å². The van der Waals surface area contributed by atoms with Gasteiger partial charge < -0.3 is 24.8 Å². The highest BCUT2D eigenvalue weighted by atomic mass is 16.5. The van der Waals surface area contributed by atoms with Gasteiger partial charge in [0.2, 0.25) is 0 Å². The summed E-state index contributed by atoms with van der Waals surface area (Å²) >= 11 is 0. The highest BCUT2D eigenvalue weighted by Gasteiger charge is 2.16. The van der Waals surface area contributed by atoms with Crippen LogP contribution in [0.15, 0.2) is 72.8 Å². The molecule has 0 heterocycles. The molecule has 3 aromatic rings. The number of amides is 2. The van der Waals surface area contributed by atoms with E-state index in [4.69, 9.17) is 14.2 Å². The van der Waals surface area contributed by atoms with E-state index in [-0.39, 0.29) is 18.6 Å². The number of benzene rings is 3. The van der Waals surface area contributed by atoms with Crippen LogP contribution in [-0.2, 0) is 4.79 Å². The van der Waals surface area contributed by atoms with E-state index in [0.717, 1.165) is 5.56 Å². The standard InChI is InChI=1S/C25H26N2O5/c1-17(18-9-5-4-6-10-18)26-25(29)22-11-7-8-12-23(22)27-24(28)16-32-21-14-19(30-2)13-20(15-21)31-3/h4-15,17H,16H2,1-3H3,(H,26,29)(H,27,28). The average molecular weight is 434 g/mol. The maximum absolute atomic E-state index is 12.8. The Bertz CT molecular complexity index is 1050. The fraction of sp³-hybridized carbons (Fsp3) is 0.200. The summed E-state index contributed by atoms with van der Waals surface area (Å²) < 4.78 is 16.0. The van der Waals surface area contributed by atoms with Gasteiger partial charge >= 0.3 is 0 Å². The third kappa shape index (κ3) is 6.01. The lowest BCUT2D eigenvalue weighted by atomic mass is 10.1. The van der Waals surface area contributed by atoms with Crippen LogP contribution >= 0.6 is 0 Å². The van der Waals surface area contributed by atoms with Crippen LogP contribution in [0.25, 0.3) is 0 Å². The molecule has 0 aliphatic carbocycles. The Morgan fingerprint density at radius 1 is 0.844 bits per heavy atom. The molecule has 32 heavy (non-hydrogen) atoms. The van der Waals surface area contributed by atoms with Crippen LogP contribution in [-0.4, -0.2) is 32.6 Å². The largest absolute Gasteiger partial charge is 0.496 e. The first-order valence-corrected chi connectivity index (χ1v) is 10.1. The molecular formula is C25H26N2O5. The van der Waals surface area contributed by atoms with Crippen LogP contribution in [0.4, 0.5) is 5.69 Å². The third-order valence-electron chi connectivity index (χ3n) is 4.79. The molecule has 3 rings (SSSR count). The molecule has 7 nitrogen and oxygen atoms in total. The van der Waals surface area contributed by atoms with Crippen LogP contribution < -0.4 is 24.8 Å². The molecule has 0 aliphatic heterocycles. The zero-order valence-corrected chi connectivity index (χ0v) is 18.3. The molecule has 7 heteroatoms. The van der Waals surface area contributed by atoms with Gasteiger partial charge in [0.25, 0.3) is 11.8 Å². The van der Waals surface area contributed by atoms with Crippen molar-refractivity contribution in [1.82, 2.24) is 5.32 Å². The van der Waals surface area contributed by atoms with Crippen LogP contribution in [0.3, 0.4) is 0 Å². The summed E-state index contributed by atoms with van der Waals surface area (Å²) in [5, 5.41) is 5.70. The minimum absolute atomic E-state index is 0.182. The first kappa shape index (κ1) is 22.7. The van der Waals surface area contributed by atoms with E-state index in [1.807, 2.05) is 37.3 Å². The predicted octanol–water partition coefficient (Wildman–Crippen LogP) is 4.21. The number of carbonyl (C=O) groups excluding carboxylic acids is 2. The summed E-state index contributed by atoms with van der Waals surface area (Å²) in [7, 11) is 3.07. The van der Waals surface area contributed by atoms with Crippen molar-refractivity contribution < 1.29 is 23.8 Å². The zero-order valence-electron chi connectivity index (χ0n) is 18.3. The van der Waals surface area contributed by atoms with Gasteiger partial charge in [-0.2, -0.15) is 0 Å². The van der Waals surface area contributed by atoms with Crippen molar-refractivity contribution in [2.75, 3.05) is 26.1 Å². The van der Waals surface area contributed by atoms with Gasteiger partial charge in [0.15, 0.2) is 6.61 Å². The number of methoxy groups -OCH3 is 2. The first-order chi connectivity index (χ1) is 15.5. The van der Waals surface area contributed by atoms with Crippen molar-refractivity contribution in [2.45, 2.75) is 13.0 Å². The monoisotopic (exact) mass is 434 g/mol. The third-order valence-corrected chi connectivity index (χ3v) is 4.79. The minimum Gasteiger partial charge on any atom is -0.496 e. The van der Waals surface area contributed by atoms with Gasteiger partial charge in [-0.25, -0.2) is 0 Å². The number of hydrogen-bond acceptors (Lipinski definition) is 5. The second-order valence-corrected chi connectivity index (χ2v) is 7.04. The van der Waals surface area contributed by atoms with Crippen molar-refractivity contribution in [2.24, 2.45) is 0 Å². The molecule has 166 valence electrons. The fourth-order valence-electron chi connectivity index (χ4n) is 3.09. The van der Waals surface area contributed by atoms with Crippen molar-refractivity contribution in [1.29, 1.82) is 0 Å². The number of hydrogen-bond donors (Lipinski definition) is 2. The maximum Gasteiger partial charge on any atom is 0.262 e. The average Bonchev–Trinajstić information content (AvgIpc) is 2.83. The summed E-state index contributed by atoms with van der Waals surface area (Å²) in [5.74, 6) is 0.849. The van der Waals surface area contributed by atoms with E-state index in [1.165, 1.54) is 14.2 Å². The Morgan fingerprint density at radius 2 is 1.44 bits per heavy atom. The normalized spacial score (nSPS) is 11.2. The Labute approximate surface area is 187 Å². The van der Waals surface area contributed by atoms with Crippen LogP contribution in [0.2, 0.25) is 0 Å². The minimum atomic E-state index is -0.400. The molecule has 0 aromatic heterocycles. The molecular weight excluding hydrogens is 408 g/mol. The van der Waals surface area contributed by atoms with Gasteiger partial charge in [0.05, 0.1) is 31.5 Å². The van der Waals surface area contributed by atoms with E-state index >= 15 is 0 Å². The summed E-state index contributed by atoms with van der Waals surface area (Å²) in [5.41, 5.74) is 1.76. The van der Waals surface area contributed by atoms with Crippen molar-refractivity contribution in [3.8, 4) is 17.2 Å². The van der Waals surface area contributed by atoms with Crippen LogP contribution in [0.5, 0.6) is 17.2 Å². The number of ether oxygens (including phenoxy) is 3. The molecule has 0 spiro atoms. The molecule has 1 unspecified atom stereocenters. The highest BCUT2D eigenvalue weighted by molar-refractivity contribution is 6.04. The first-order valence-electron chi connectivity index (χ1n) is 10.1. The van der Waals surface area contributed by atoms with Crippen LogP contribution in [0, 0.1) is 0 Å². The van der Waals surface area contributed by atoms with E-state index < -0.39 is 5.91 Å². The second kappa shape index (κ2) is 10.9. The number of carbonyl (C=O) groups is 2. The maximum atomic E-state index is 12.8. The van der Waals surface area contributed by atoms with Gasteiger partial charge in [0.1, 0.15) is 17.2 Å². The summed E-state index contributed by atoms with van der Waals surface area (Å²) in [6, 6.07) is 21.3. The predicted molar refractivity (Wildman–Crippen MR) is 122 cm³/mol. The van der Waals surface area contributed by atoms with E-state index in [0.29, 0.717) is 28.5 Å². The molecule has 3 aromatic carbocycles. The lowest BCUT2D eigenvalue weighted by Crippen LogP contribution is -2.28. The Hall–Kier alpha value is -4.00. The van der Waals surface area contributed by atoms with Gasteiger partial charge in [-0.1, -0.05) is 42.5 Å². The fourth-order valence-corrected chi connectivity index (χ4v) is 3.09. The summed E-state index contributed by atoms with van der Waals surface area (Å²) in [4.78, 5) is 25.3. The summed E-state index contributed by atoms with van der Waals surface area (Å²) in [6.07, 6.45) is 0. The lowest BCUT2D eigenvalue weighted by molar-refractivity contribution is -0.118. The highest BCUT2D eigenvalue weighted by Crippen LogP contribution is 2.27. The Morgan fingerprint density at radius 3 is 2.09 bits per heavy atom. The number of rotatable bonds is 9. The summed E-state index contributed by atoms with van der Waals surface area (Å²) in [6.45, 7) is 1.66. The SMILES string of the molecule is COc1cc(OC)cc(OCC(=O)Nc2ccccc2C(=O)NC(C)c2ccccc2)c1. The van der Waals surface area contributed by atoms with Crippen LogP contribution in [0.1, 0.15) is 28.9 Å². The molecule has 2 N–H and O–H groups in total. The lowest BCUT2D eigenvalue weighted by Gasteiger charge is -2.16. The molecule has 1 atom stereocenters. The van der Waals surface area contributed by atoms with E-state index in [1.54, 1.807) is 42.5 Å². The topological polar surface area (TPSA) is 85.9 Å². The molecule has 2 amide bonds. The quantitative estimate of drug-likeness (QED) is 0.527. The van der Waals surface area contributed by atoms with Gasteiger partial charge in [0, 0.05) is 18.2 Å². The number of para-hydroxylation sites is 1. The Balaban J connectivity index is 1.64. The second-order valence-electron chi connectivity index (χ2n) is 7.04. The van der Waals surface area contributed by atoms with Gasteiger partial charge in [-0.05, 0) is 24.6 Å². The molecule has 0 fully saturated rings.